The summed E-state index contributed by atoms with van der Waals surface area (Å²) in [5, 5.41) is 1.46. The molecule has 2 rings (SSSR count). The van der Waals surface area contributed by atoms with Crippen molar-refractivity contribution in [2.75, 3.05) is 6.54 Å². The lowest BCUT2D eigenvalue weighted by Crippen LogP contribution is -2.05. The molecule has 0 saturated carbocycles. The molecule has 0 aliphatic rings. The van der Waals surface area contributed by atoms with Crippen LogP contribution >= 0.6 is 11.8 Å². The van der Waals surface area contributed by atoms with Crippen molar-refractivity contribution in [1.82, 2.24) is 4.98 Å². The molecule has 1 unspecified atom stereocenters. The molecule has 3 heteroatoms. The molecule has 1 aromatic carbocycles. The van der Waals surface area contributed by atoms with Gasteiger partial charge in [-0.2, -0.15) is 0 Å². The van der Waals surface area contributed by atoms with Crippen molar-refractivity contribution in [1.29, 1.82) is 0 Å². The molecule has 1 aromatic heterocycles. The molecule has 0 fully saturated rings. The van der Waals surface area contributed by atoms with Crippen molar-refractivity contribution in [2.24, 2.45) is 5.73 Å². The van der Waals surface area contributed by atoms with Crippen LogP contribution in [0.4, 0.5) is 0 Å². The maximum atomic E-state index is 5.75. The summed E-state index contributed by atoms with van der Waals surface area (Å²) in [6.45, 7) is 4.84. The van der Waals surface area contributed by atoms with Gasteiger partial charge in [-0.25, -0.2) is 4.98 Å². The zero-order chi connectivity index (χ0) is 13.7. The van der Waals surface area contributed by atoms with E-state index in [4.69, 9.17) is 5.73 Å². The lowest BCUT2D eigenvalue weighted by Gasteiger charge is -2.16. The Balaban J connectivity index is 2.21. The molecule has 0 spiro atoms. The quantitative estimate of drug-likeness (QED) is 0.839. The fraction of sp³-hybridized carbons (Fsp3) is 0.312. The fourth-order valence-electron chi connectivity index (χ4n) is 2.12. The van der Waals surface area contributed by atoms with Crippen molar-refractivity contribution in [3.63, 3.8) is 0 Å². The molecule has 100 valence electrons. The molecule has 1 heterocycles. The standard InChI is InChI=1S/C16H20N2S/c1-12-10-13(2)18-16(11-12)19-15(8-9-17)14-6-4-3-5-7-14/h3-7,10-11,15H,8-9,17H2,1-2H3. The summed E-state index contributed by atoms with van der Waals surface area (Å²) in [6, 6.07) is 14.8. The summed E-state index contributed by atoms with van der Waals surface area (Å²) >= 11 is 1.80. The summed E-state index contributed by atoms with van der Waals surface area (Å²) in [5.74, 6) is 0. The van der Waals surface area contributed by atoms with E-state index in [0.717, 1.165) is 17.1 Å². The summed E-state index contributed by atoms with van der Waals surface area (Å²) < 4.78 is 0. The Morgan fingerprint density at radius 1 is 1.16 bits per heavy atom. The third-order valence-electron chi connectivity index (χ3n) is 2.94. The number of hydrogen-bond acceptors (Lipinski definition) is 3. The van der Waals surface area contributed by atoms with Gasteiger partial charge in [0.2, 0.25) is 0 Å². The number of nitrogens with two attached hydrogens (primary N) is 1. The molecule has 0 aliphatic heterocycles. The minimum Gasteiger partial charge on any atom is -0.330 e. The highest BCUT2D eigenvalue weighted by molar-refractivity contribution is 7.99. The molecule has 0 radical (unpaired) electrons. The van der Waals surface area contributed by atoms with Gasteiger partial charge in [-0.05, 0) is 50.1 Å². The average molecular weight is 272 g/mol. The van der Waals surface area contributed by atoms with Crippen LogP contribution in [0.1, 0.15) is 28.5 Å². The Morgan fingerprint density at radius 3 is 2.53 bits per heavy atom. The first kappa shape index (κ1) is 14.1. The number of hydrogen-bond donors (Lipinski definition) is 1. The number of rotatable bonds is 5. The minimum absolute atomic E-state index is 0.375. The number of pyridine rings is 1. The highest BCUT2D eigenvalue weighted by Gasteiger charge is 2.13. The molecule has 0 aliphatic carbocycles. The highest BCUT2D eigenvalue weighted by atomic mass is 32.2. The number of nitrogens with zero attached hydrogens (tertiary/aromatic N) is 1. The Morgan fingerprint density at radius 2 is 1.89 bits per heavy atom. The summed E-state index contributed by atoms with van der Waals surface area (Å²) in [5.41, 5.74) is 9.40. The zero-order valence-corrected chi connectivity index (χ0v) is 12.3. The van der Waals surface area contributed by atoms with Gasteiger partial charge < -0.3 is 5.73 Å². The third kappa shape index (κ3) is 4.08. The number of aryl methyl sites for hydroxylation is 2. The van der Waals surface area contributed by atoms with Gasteiger partial charge in [-0.15, -0.1) is 0 Å². The van der Waals surface area contributed by atoms with Crippen molar-refractivity contribution in [2.45, 2.75) is 30.5 Å². The van der Waals surface area contributed by atoms with Gasteiger partial charge in [-0.3, -0.25) is 0 Å². The molecule has 2 N–H and O–H groups in total. The van der Waals surface area contributed by atoms with E-state index in [0.29, 0.717) is 11.8 Å². The van der Waals surface area contributed by atoms with Crippen molar-refractivity contribution < 1.29 is 0 Å². The van der Waals surface area contributed by atoms with Crippen molar-refractivity contribution >= 4 is 11.8 Å². The van der Waals surface area contributed by atoms with E-state index < -0.39 is 0 Å². The molecular formula is C16H20N2S. The zero-order valence-electron chi connectivity index (χ0n) is 11.5. The van der Waals surface area contributed by atoms with Gasteiger partial charge >= 0.3 is 0 Å². The monoisotopic (exact) mass is 272 g/mol. The average Bonchev–Trinajstić information content (AvgIpc) is 2.38. The van der Waals surface area contributed by atoms with Gasteiger partial charge in [0.25, 0.3) is 0 Å². The molecule has 0 bridgehead atoms. The van der Waals surface area contributed by atoms with Crippen LogP contribution in [0.15, 0.2) is 47.5 Å². The van der Waals surface area contributed by atoms with Crippen LogP contribution in [0, 0.1) is 13.8 Å². The molecular weight excluding hydrogens is 252 g/mol. The third-order valence-corrected chi connectivity index (χ3v) is 4.18. The number of thioether (sulfide) groups is 1. The maximum absolute atomic E-state index is 5.75. The van der Waals surface area contributed by atoms with Crippen LogP contribution in [0.5, 0.6) is 0 Å². The lowest BCUT2D eigenvalue weighted by molar-refractivity contribution is 0.811. The van der Waals surface area contributed by atoms with Gasteiger partial charge in [0.05, 0.1) is 5.03 Å². The first-order valence-electron chi connectivity index (χ1n) is 6.56. The van der Waals surface area contributed by atoms with E-state index in [1.807, 2.05) is 13.0 Å². The second-order valence-corrected chi connectivity index (χ2v) is 5.94. The van der Waals surface area contributed by atoms with Crippen LogP contribution in [-0.2, 0) is 0 Å². The summed E-state index contributed by atoms with van der Waals surface area (Å²) in [4.78, 5) is 4.60. The van der Waals surface area contributed by atoms with Crippen LogP contribution in [0.2, 0.25) is 0 Å². The predicted molar refractivity (Wildman–Crippen MR) is 82.4 cm³/mol. The second-order valence-electron chi connectivity index (χ2n) is 4.72. The van der Waals surface area contributed by atoms with E-state index in [1.54, 1.807) is 11.8 Å². The number of benzene rings is 1. The van der Waals surface area contributed by atoms with Crippen LogP contribution in [0.3, 0.4) is 0 Å². The Bertz CT molecular complexity index is 505. The Hall–Kier alpha value is -1.32. The van der Waals surface area contributed by atoms with E-state index in [-0.39, 0.29) is 0 Å². The molecule has 2 aromatic rings. The SMILES string of the molecule is Cc1cc(C)nc(SC(CCN)c2ccccc2)c1. The normalized spacial score (nSPS) is 12.4. The van der Waals surface area contributed by atoms with E-state index in [9.17, 15) is 0 Å². The maximum Gasteiger partial charge on any atom is 0.0971 e. The molecule has 1 atom stereocenters. The van der Waals surface area contributed by atoms with Crippen LogP contribution < -0.4 is 5.73 Å². The summed E-state index contributed by atoms with van der Waals surface area (Å²) in [7, 11) is 0. The molecule has 0 amide bonds. The topological polar surface area (TPSA) is 38.9 Å². The fourth-order valence-corrected chi connectivity index (χ4v) is 3.41. The number of aromatic nitrogens is 1. The van der Waals surface area contributed by atoms with Gasteiger partial charge in [-0.1, -0.05) is 42.1 Å². The minimum atomic E-state index is 0.375. The van der Waals surface area contributed by atoms with Gasteiger partial charge in [0.15, 0.2) is 0 Å². The summed E-state index contributed by atoms with van der Waals surface area (Å²) in [6.07, 6.45) is 0.962. The molecule has 19 heavy (non-hydrogen) atoms. The van der Waals surface area contributed by atoms with Crippen LogP contribution in [0.25, 0.3) is 0 Å². The smallest absolute Gasteiger partial charge is 0.0971 e. The van der Waals surface area contributed by atoms with Gasteiger partial charge in [0, 0.05) is 10.9 Å². The van der Waals surface area contributed by atoms with E-state index in [2.05, 4.69) is 48.3 Å². The molecule has 2 nitrogen and oxygen atoms in total. The first-order valence-corrected chi connectivity index (χ1v) is 7.44. The molecule has 0 saturated heterocycles. The van der Waals surface area contributed by atoms with Crippen LogP contribution in [-0.4, -0.2) is 11.5 Å². The second kappa shape index (κ2) is 6.73. The predicted octanol–water partition coefficient (Wildman–Crippen LogP) is 3.88. The van der Waals surface area contributed by atoms with Crippen molar-refractivity contribution in [3.05, 3.63) is 59.3 Å². The Kier molecular flexibility index (Phi) is 5.00. The first-order chi connectivity index (χ1) is 9.19. The van der Waals surface area contributed by atoms with Gasteiger partial charge in [0.1, 0.15) is 0 Å². The lowest BCUT2D eigenvalue weighted by atomic mass is 10.1. The van der Waals surface area contributed by atoms with E-state index >= 15 is 0 Å². The Labute approximate surface area is 119 Å². The van der Waals surface area contributed by atoms with E-state index in [1.165, 1.54) is 11.1 Å². The highest BCUT2D eigenvalue weighted by Crippen LogP contribution is 2.36. The largest absolute Gasteiger partial charge is 0.330 e. The van der Waals surface area contributed by atoms with Crippen molar-refractivity contribution in [3.8, 4) is 0 Å².